The molecule has 0 fully saturated rings. The van der Waals surface area contributed by atoms with E-state index in [0.29, 0.717) is 16.4 Å². The number of hydrogen-bond acceptors (Lipinski definition) is 3. The van der Waals surface area contributed by atoms with E-state index >= 15 is 0 Å². The quantitative estimate of drug-likeness (QED) is 0.625. The third-order valence-corrected chi connectivity index (χ3v) is 3.16. The Morgan fingerprint density at radius 3 is 3.06 bits per heavy atom. The molecule has 5 nitrogen and oxygen atoms in total. The zero-order valence-electron chi connectivity index (χ0n) is 7.71. The number of aromatic amines is 2. The van der Waals surface area contributed by atoms with E-state index in [1.54, 1.807) is 12.3 Å². The highest BCUT2D eigenvalue weighted by Gasteiger charge is 2.11. The zero-order valence-corrected chi connectivity index (χ0v) is 10.1. The van der Waals surface area contributed by atoms with E-state index in [9.17, 15) is 4.79 Å². The van der Waals surface area contributed by atoms with Crippen molar-refractivity contribution in [1.82, 2.24) is 20.2 Å². The first-order chi connectivity index (χ1) is 7.66. The molecule has 1 aromatic carbocycles. The molecule has 3 rings (SSSR count). The fraction of sp³-hybridized carbons (Fsp3) is 0. The number of halogens is 2. The first kappa shape index (κ1) is 9.80. The van der Waals surface area contributed by atoms with Crippen molar-refractivity contribution >= 4 is 49.3 Å². The monoisotopic (exact) mass is 298 g/mol. The molecule has 7 heteroatoms. The van der Waals surface area contributed by atoms with Crippen molar-refractivity contribution in [2.75, 3.05) is 0 Å². The predicted molar refractivity (Wildman–Crippen MR) is 64.7 cm³/mol. The van der Waals surface area contributed by atoms with Gasteiger partial charge in [-0.05, 0) is 33.6 Å². The second kappa shape index (κ2) is 3.29. The molecule has 0 spiro atoms. The minimum atomic E-state index is -0.281. The van der Waals surface area contributed by atoms with Crippen molar-refractivity contribution in [3.8, 4) is 0 Å². The van der Waals surface area contributed by atoms with Crippen molar-refractivity contribution in [3.05, 3.63) is 32.4 Å². The van der Waals surface area contributed by atoms with Crippen LogP contribution in [0.25, 0.3) is 21.8 Å². The van der Waals surface area contributed by atoms with Crippen LogP contribution < -0.4 is 5.56 Å². The SMILES string of the molecule is O=c1[nH]c(Cl)nc2cc(Br)c3cn[nH]c3c12. The summed E-state index contributed by atoms with van der Waals surface area (Å²) in [5.74, 6) is 0. The number of benzene rings is 1. The van der Waals surface area contributed by atoms with Crippen LogP contribution >= 0.6 is 27.5 Å². The number of nitrogens with zero attached hydrogens (tertiary/aromatic N) is 2. The normalized spacial score (nSPS) is 11.4. The second-order valence-electron chi connectivity index (χ2n) is 3.27. The highest BCUT2D eigenvalue weighted by Crippen LogP contribution is 2.27. The highest BCUT2D eigenvalue weighted by atomic mass is 79.9. The van der Waals surface area contributed by atoms with Gasteiger partial charge in [0.15, 0.2) is 0 Å². The van der Waals surface area contributed by atoms with Gasteiger partial charge in [-0.15, -0.1) is 0 Å². The summed E-state index contributed by atoms with van der Waals surface area (Å²) in [5.41, 5.74) is 0.893. The van der Waals surface area contributed by atoms with E-state index in [4.69, 9.17) is 11.6 Å². The first-order valence-corrected chi connectivity index (χ1v) is 5.55. The Hall–Kier alpha value is -1.40. The zero-order chi connectivity index (χ0) is 11.3. The number of aromatic nitrogens is 4. The second-order valence-corrected chi connectivity index (χ2v) is 4.48. The van der Waals surface area contributed by atoms with Crippen LogP contribution in [0.15, 0.2) is 21.5 Å². The topological polar surface area (TPSA) is 74.4 Å². The van der Waals surface area contributed by atoms with Crippen LogP contribution in [0.5, 0.6) is 0 Å². The highest BCUT2D eigenvalue weighted by molar-refractivity contribution is 9.10. The molecule has 2 N–H and O–H groups in total. The minimum absolute atomic E-state index is 0.0725. The van der Waals surface area contributed by atoms with E-state index in [-0.39, 0.29) is 10.8 Å². The van der Waals surface area contributed by atoms with Crippen LogP contribution in [0.2, 0.25) is 5.28 Å². The molecule has 0 radical (unpaired) electrons. The Morgan fingerprint density at radius 1 is 1.44 bits per heavy atom. The average Bonchev–Trinajstić information content (AvgIpc) is 2.65. The number of H-pyrrole nitrogens is 2. The molecule has 0 atom stereocenters. The Kier molecular flexibility index (Phi) is 2.02. The summed E-state index contributed by atoms with van der Waals surface area (Å²) in [6, 6.07) is 1.74. The summed E-state index contributed by atoms with van der Waals surface area (Å²) in [5, 5.41) is 8.05. The third-order valence-electron chi connectivity index (χ3n) is 2.33. The molecule has 0 saturated carbocycles. The molecule has 0 unspecified atom stereocenters. The van der Waals surface area contributed by atoms with E-state index in [0.717, 1.165) is 9.86 Å². The van der Waals surface area contributed by atoms with Crippen LogP contribution in [0.4, 0.5) is 0 Å². The fourth-order valence-electron chi connectivity index (χ4n) is 1.66. The largest absolute Gasteiger partial charge is 0.297 e. The molecule has 2 heterocycles. The Balaban J connectivity index is 2.70. The van der Waals surface area contributed by atoms with Gasteiger partial charge < -0.3 is 0 Å². The van der Waals surface area contributed by atoms with Gasteiger partial charge in [0.2, 0.25) is 5.28 Å². The molecule has 0 amide bonds. The van der Waals surface area contributed by atoms with Crippen LogP contribution in [0.1, 0.15) is 0 Å². The van der Waals surface area contributed by atoms with E-state index in [1.165, 1.54) is 0 Å². The van der Waals surface area contributed by atoms with Gasteiger partial charge in [0.25, 0.3) is 5.56 Å². The number of hydrogen-bond donors (Lipinski definition) is 2. The van der Waals surface area contributed by atoms with Crippen molar-refractivity contribution in [3.63, 3.8) is 0 Å². The maximum absolute atomic E-state index is 11.8. The summed E-state index contributed by atoms with van der Waals surface area (Å²) in [7, 11) is 0. The molecular weight excluding hydrogens is 295 g/mol. The molecule has 3 aromatic rings. The molecule has 80 valence electrons. The average molecular weight is 300 g/mol. The van der Waals surface area contributed by atoms with Gasteiger partial charge in [0.05, 0.1) is 22.6 Å². The van der Waals surface area contributed by atoms with Gasteiger partial charge in [-0.25, -0.2) is 4.98 Å². The fourth-order valence-corrected chi connectivity index (χ4v) is 2.36. The summed E-state index contributed by atoms with van der Waals surface area (Å²) >= 11 is 9.08. The number of fused-ring (bicyclic) bond motifs is 3. The summed E-state index contributed by atoms with van der Waals surface area (Å²) < 4.78 is 0.818. The molecular formula is C9H4BrClN4O. The Bertz CT molecular complexity index is 763. The van der Waals surface area contributed by atoms with E-state index in [1.807, 2.05) is 0 Å². The summed E-state index contributed by atoms with van der Waals surface area (Å²) in [6.45, 7) is 0. The lowest BCUT2D eigenvalue weighted by Gasteiger charge is -2.00. The van der Waals surface area contributed by atoms with Gasteiger partial charge in [0, 0.05) is 9.86 Å². The van der Waals surface area contributed by atoms with Crippen LogP contribution in [0, 0.1) is 0 Å². The molecule has 0 bridgehead atoms. The lowest BCUT2D eigenvalue weighted by Crippen LogP contribution is -2.08. The number of nitrogens with one attached hydrogen (secondary N) is 2. The predicted octanol–water partition coefficient (Wildman–Crippen LogP) is 2.22. The van der Waals surface area contributed by atoms with E-state index < -0.39 is 0 Å². The van der Waals surface area contributed by atoms with Crippen LogP contribution in [-0.4, -0.2) is 20.2 Å². The summed E-state index contributed by atoms with van der Waals surface area (Å²) in [4.78, 5) is 18.3. The van der Waals surface area contributed by atoms with Crippen molar-refractivity contribution in [1.29, 1.82) is 0 Å². The molecule has 2 aromatic heterocycles. The van der Waals surface area contributed by atoms with Gasteiger partial charge in [-0.1, -0.05) is 0 Å². The van der Waals surface area contributed by atoms with Gasteiger partial charge in [0.1, 0.15) is 0 Å². The van der Waals surface area contributed by atoms with Crippen LogP contribution in [0.3, 0.4) is 0 Å². The standard InChI is InChI=1S/C9H4BrClN4O/c10-4-1-5-6(7-3(4)2-12-15-7)8(16)14-9(11)13-5/h1-2H,(H,12,15)(H,13,14,16). The van der Waals surface area contributed by atoms with Gasteiger partial charge in [-0.2, -0.15) is 5.10 Å². The number of rotatable bonds is 0. The molecule has 0 aliphatic rings. The molecule has 0 aliphatic heterocycles. The first-order valence-electron chi connectivity index (χ1n) is 4.38. The third kappa shape index (κ3) is 1.27. The Morgan fingerprint density at radius 2 is 2.25 bits per heavy atom. The lowest BCUT2D eigenvalue weighted by atomic mass is 10.2. The molecule has 0 saturated heterocycles. The molecule has 0 aliphatic carbocycles. The van der Waals surface area contributed by atoms with Crippen molar-refractivity contribution in [2.45, 2.75) is 0 Å². The van der Waals surface area contributed by atoms with Crippen molar-refractivity contribution in [2.24, 2.45) is 0 Å². The van der Waals surface area contributed by atoms with Gasteiger partial charge in [-0.3, -0.25) is 14.9 Å². The minimum Gasteiger partial charge on any atom is -0.297 e. The maximum Gasteiger partial charge on any atom is 0.261 e. The molecule has 16 heavy (non-hydrogen) atoms. The smallest absolute Gasteiger partial charge is 0.261 e. The Labute approximate surface area is 102 Å². The van der Waals surface area contributed by atoms with E-state index in [2.05, 4.69) is 36.1 Å². The summed E-state index contributed by atoms with van der Waals surface area (Å²) in [6.07, 6.45) is 1.65. The maximum atomic E-state index is 11.8. The van der Waals surface area contributed by atoms with Crippen LogP contribution in [-0.2, 0) is 0 Å². The van der Waals surface area contributed by atoms with Gasteiger partial charge >= 0.3 is 0 Å². The lowest BCUT2D eigenvalue weighted by molar-refractivity contribution is 1.12. The van der Waals surface area contributed by atoms with Crippen molar-refractivity contribution < 1.29 is 0 Å².